The Bertz CT molecular complexity index is 622. The van der Waals surface area contributed by atoms with Crippen LogP contribution in [-0.4, -0.2) is 38.9 Å². The number of hydrogen-bond donors (Lipinski definition) is 1. The summed E-state index contributed by atoms with van der Waals surface area (Å²) in [5.74, 6) is -0.991. The molecule has 1 aliphatic rings. The lowest BCUT2D eigenvalue weighted by Gasteiger charge is -2.32. The van der Waals surface area contributed by atoms with Gasteiger partial charge in [-0.2, -0.15) is 5.10 Å². The normalized spacial score (nSPS) is 19.8. The van der Waals surface area contributed by atoms with Gasteiger partial charge in [0.05, 0.1) is 23.2 Å². The monoisotopic (exact) mass is 260 g/mol. The summed E-state index contributed by atoms with van der Waals surface area (Å²) < 4.78 is 1.73. The number of aromatic nitrogens is 3. The van der Waals surface area contributed by atoms with E-state index in [1.54, 1.807) is 17.1 Å². The molecule has 0 amide bonds. The van der Waals surface area contributed by atoms with Gasteiger partial charge in [-0.25, -0.2) is 4.98 Å². The van der Waals surface area contributed by atoms with Gasteiger partial charge in [-0.05, 0) is 18.9 Å². The van der Waals surface area contributed by atoms with E-state index in [1.807, 2.05) is 13.1 Å². The van der Waals surface area contributed by atoms with Crippen LogP contribution >= 0.6 is 0 Å². The molecule has 1 fully saturated rings. The van der Waals surface area contributed by atoms with Crippen LogP contribution in [0.2, 0.25) is 0 Å². The molecule has 6 nitrogen and oxygen atoms in total. The fourth-order valence-corrected chi connectivity index (χ4v) is 2.71. The molecule has 0 saturated carbocycles. The van der Waals surface area contributed by atoms with E-state index in [1.165, 1.54) is 0 Å². The molecule has 3 rings (SSSR count). The van der Waals surface area contributed by atoms with Gasteiger partial charge in [-0.3, -0.25) is 9.48 Å². The van der Waals surface area contributed by atoms with Crippen molar-refractivity contribution < 1.29 is 9.90 Å². The van der Waals surface area contributed by atoms with Gasteiger partial charge < -0.3 is 10.0 Å². The Hall–Kier alpha value is -2.11. The summed E-state index contributed by atoms with van der Waals surface area (Å²) in [6.45, 7) is 1.45. The molecule has 1 aliphatic heterocycles. The van der Waals surface area contributed by atoms with Crippen LogP contribution < -0.4 is 4.90 Å². The molecule has 3 heterocycles. The first-order valence-corrected chi connectivity index (χ1v) is 6.41. The zero-order valence-corrected chi connectivity index (χ0v) is 10.8. The number of carboxylic acids is 1. The van der Waals surface area contributed by atoms with Crippen molar-refractivity contribution in [3.63, 3.8) is 0 Å². The molecule has 0 aromatic carbocycles. The van der Waals surface area contributed by atoms with E-state index in [9.17, 15) is 4.79 Å². The van der Waals surface area contributed by atoms with E-state index in [-0.39, 0.29) is 5.92 Å². The lowest BCUT2D eigenvalue weighted by atomic mass is 9.97. The van der Waals surface area contributed by atoms with Crippen molar-refractivity contribution in [2.45, 2.75) is 12.8 Å². The minimum absolute atomic E-state index is 0.284. The van der Waals surface area contributed by atoms with Crippen molar-refractivity contribution in [1.82, 2.24) is 14.8 Å². The first-order valence-electron chi connectivity index (χ1n) is 6.41. The maximum atomic E-state index is 11.1. The molecular weight excluding hydrogens is 244 g/mol. The van der Waals surface area contributed by atoms with Crippen molar-refractivity contribution in [2.75, 3.05) is 18.0 Å². The smallest absolute Gasteiger partial charge is 0.308 e. The fourth-order valence-electron chi connectivity index (χ4n) is 2.71. The molecule has 0 aliphatic carbocycles. The van der Waals surface area contributed by atoms with E-state index in [0.29, 0.717) is 6.54 Å². The van der Waals surface area contributed by atoms with Crippen LogP contribution in [0, 0.1) is 5.92 Å². The molecule has 6 heteroatoms. The molecule has 2 aromatic rings. The number of nitrogens with zero attached hydrogens (tertiary/aromatic N) is 4. The molecule has 2 aromatic heterocycles. The number of aryl methyl sites for hydroxylation is 1. The van der Waals surface area contributed by atoms with Crippen LogP contribution in [-0.2, 0) is 11.8 Å². The second-order valence-electron chi connectivity index (χ2n) is 4.96. The highest BCUT2D eigenvalue weighted by Gasteiger charge is 2.26. The first-order chi connectivity index (χ1) is 9.16. The molecule has 0 bridgehead atoms. The average Bonchev–Trinajstić information content (AvgIpc) is 2.81. The van der Waals surface area contributed by atoms with E-state index in [0.717, 1.165) is 36.1 Å². The Morgan fingerprint density at radius 2 is 2.37 bits per heavy atom. The zero-order chi connectivity index (χ0) is 13.4. The number of anilines is 1. The molecule has 1 N–H and O–H groups in total. The van der Waals surface area contributed by atoms with E-state index in [4.69, 9.17) is 5.11 Å². The summed E-state index contributed by atoms with van der Waals surface area (Å²) in [5.41, 5.74) is 1.86. The predicted octanol–water partition coefficient (Wildman–Crippen LogP) is 1.27. The number of hydrogen-bond acceptors (Lipinski definition) is 4. The van der Waals surface area contributed by atoms with Crippen molar-refractivity contribution in [3.05, 3.63) is 18.5 Å². The SMILES string of the molecule is Cn1ncc2c(N3CCCC(C(=O)O)C3)ccnc21. The third-order valence-electron chi connectivity index (χ3n) is 3.72. The highest BCUT2D eigenvalue weighted by molar-refractivity contribution is 5.89. The van der Waals surface area contributed by atoms with Crippen LogP contribution in [0.15, 0.2) is 18.5 Å². The lowest BCUT2D eigenvalue weighted by molar-refractivity contribution is -0.141. The molecule has 1 saturated heterocycles. The van der Waals surface area contributed by atoms with Crippen LogP contribution in [0.4, 0.5) is 5.69 Å². The fraction of sp³-hybridized carbons (Fsp3) is 0.462. The van der Waals surface area contributed by atoms with Crippen molar-refractivity contribution in [2.24, 2.45) is 13.0 Å². The van der Waals surface area contributed by atoms with Gasteiger partial charge in [0.2, 0.25) is 0 Å². The quantitative estimate of drug-likeness (QED) is 0.880. The molecule has 0 radical (unpaired) electrons. The number of carbonyl (C=O) groups is 1. The second kappa shape index (κ2) is 4.53. The highest BCUT2D eigenvalue weighted by Crippen LogP contribution is 2.28. The number of aliphatic carboxylic acids is 1. The summed E-state index contributed by atoms with van der Waals surface area (Å²) in [6, 6.07) is 1.94. The maximum Gasteiger partial charge on any atom is 0.308 e. The summed E-state index contributed by atoms with van der Waals surface area (Å²) in [7, 11) is 1.86. The second-order valence-corrected chi connectivity index (χ2v) is 4.96. The predicted molar refractivity (Wildman–Crippen MR) is 71.1 cm³/mol. The number of piperidine rings is 1. The molecule has 1 unspecified atom stereocenters. The van der Waals surface area contributed by atoms with Crippen molar-refractivity contribution in [3.8, 4) is 0 Å². The lowest BCUT2D eigenvalue weighted by Crippen LogP contribution is -2.38. The van der Waals surface area contributed by atoms with Gasteiger partial charge in [0.1, 0.15) is 0 Å². The molecular formula is C13H16N4O2. The van der Waals surface area contributed by atoms with Crippen molar-refractivity contribution >= 4 is 22.7 Å². The van der Waals surface area contributed by atoms with Gasteiger partial charge in [-0.1, -0.05) is 0 Å². The van der Waals surface area contributed by atoms with Crippen LogP contribution in [0.3, 0.4) is 0 Å². The molecule has 19 heavy (non-hydrogen) atoms. The number of rotatable bonds is 2. The molecule has 1 atom stereocenters. The third kappa shape index (κ3) is 2.03. The Morgan fingerprint density at radius 3 is 3.16 bits per heavy atom. The van der Waals surface area contributed by atoms with E-state index >= 15 is 0 Å². The van der Waals surface area contributed by atoms with Crippen LogP contribution in [0.5, 0.6) is 0 Å². The summed E-state index contributed by atoms with van der Waals surface area (Å²) in [6.07, 6.45) is 5.21. The number of fused-ring (bicyclic) bond motifs is 1. The first kappa shape index (κ1) is 12.0. The Balaban J connectivity index is 1.97. The standard InChI is InChI=1S/C13H16N4O2/c1-16-12-10(7-15-16)11(4-5-14-12)17-6-2-3-9(8-17)13(18)19/h4-5,7,9H,2-3,6,8H2,1H3,(H,18,19). The topological polar surface area (TPSA) is 71.2 Å². The zero-order valence-electron chi connectivity index (χ0n) is 10.8. The summed E-state index contributed by atoms with van der Waals surface area (Å²) >= 11 is 0. The van der Waals surface area contributed by atoms with Gasteiger partial charge in [-0.15, -0.1) is 0 Å². The third-order valence-corrected chi connectivity index (χ3v) is 3.72. The van der Waals surface area contributed by atoms with Crippen molar-refractivity contribution in [1.29, 1.82) is 0 Å². The van der Waals surface area contributed by atoms with Gasteiger partial charge in [0.25, 0.3) is 0 Å². The minimum atomic E-state index is -0.707. The van der Waals surface area contributed by atoms with Gasteiger partial charge in [0, 0.05) is 26.3 Å². The molecule has 0 spiro atoms. The Labute approximate surface area is 110 Å². The average molecular weight is 260 g/mol. The van der Waals surface area contributed by atoms with Gasteiger partial charge in [0.15, 0.2) is 5.65 Å². The summed E-state index contributed by atoms with van der Waals surface area (Å²) in [5, 5.41) is 14.4. The van der Waals surface area contributed by atoms with Crippen LogP contribution in [0.25, 0.3) is 11.0 Å². The summed E-state index contributed by atoms with van der Waals surface area (Å²) in [4.78, 5) is 17.6. The largest absolute Gasteiger partial charge is 0.481 e. The highest BCUT2D eigenvalue weighted by atomic mass is 16.4. The van der Waals surface area contributed by atoms with Crippen LogP contribution in [0.1, 0.15) is 12.8 Å². The van der Waals surface area contributed by atoms with E-state index in [2.05, 4.69) is 15.0 Å². The number of carboxylic acid groups (broad SMARTS) is 1. The van der Waals surface area contributed by atoms with Gasteiger partial charge >= 0.3 is 5.97 Å². The molecule has 100 valence electrons. The van der Waals surface area contributed by atoms with E-state index < -0.39 is 5.97 Å². The minimum Gasteiger partial charge on any atom is -0.481 e. The Morgan fingerprint density at radius 1 is 1.53 bits per heavy atom. The Kier molecular flexibility index (Phi) is 2.85. The maximum absolute atomic E-state index is 11.1. The number of pyridine rings is 1.